The van der Waals surface area contributed by atoms with Crippen molar-refractivity contribution in [2.45, 2.75) is 44.6 Å². The summed E-state index contributed by atoms with van der Waals surface area (Å²) >= 11 is 0. The van der Waals surface area contributed by atoms with Crippen LogP contribution in [0.3, 0.4) is 0 Å². The highest BCUT2D eigenvalue weighted by atomic mass is 31.1. The van der Waals surface area contributed by atoms with E-state index in [9.17, 15) is 4.57 Å². The molecule has 1 N–H and O–H groups in total. The number of rotatable bonds is 10. The van der Waals surface area contributed by atoms with Crippen molar-refractivity contribution >= 4 is 8.25 Å². The number of hydrogen-bond acceptors (Lipinski definition) is 2. The molecule has 0 aliphatic heterocycles. The molecule has 0 aromatic rings. The molecule has 86 valence electrons. The molecular formula is C11H20O3P+. The summed E-state index contributed by atoms with van der Waals surface area (Å²) in [5.41, 5.74) is 0. The molecule has 0 aromatic carbocycles. The van der Waals surface area contributed by atoms with E-state index in [0.29, 0.717) is 6.42 Å². The van der Waals surface area contributed by atoms with E-state index in [-0.39, 0.29) is 6.10 Å². The lowest BCUT2D eigenvalue weighted by Gasteiger charge is -2.06. The van der Waals surface area contributed by atoms with Crippen LogP contribution in [-0.4, -0.2) is 11.0 Å². The Balaban J connectivity index is 3.60. The highest BCUT2D eigenvalue weighted by Crippen LogP contribution is 2.23. The molecule has 0 aliphatic carbocycles. The smallest absolute Gasteiger partial charge is 0.133 e. The Morgan fingerprint density at radius 2 is 2.00 bits per heavy atom. The number of allylic oxidation sites excluding steroid dienone is 1. The van der Waals surface area contributed by atoms with Gasteiger partial charge in [0, 0.05) is 4.57 Å². The average molecular weight is 231 g/mol. The summed E-state index contributed by atoms with van der Waals surface area (Å²) < 4.78 is 15.4. The largest absolute Gasteiger partial charge is 0.695 e. The van der Waals surface area contributed by atoms with E-state index in [0.717, 1.165) is 32.1 Å². The van der Waals surface area contributed by atoms with Gasteiger partial charge in [-0.15, -0.1) is 22.6 Å². The molecule has 0 aliphatic rings. The van der Waals surface area contributed by atoms with Crippen molar-refractivity contribution in [2.24, 2.45) is 0 Å². The molecule has 0 heterocycles. The van der Waals surface area contributed by atoms with Crippen LogP contribution < -0.4 is 0 Å². The second-order valence-corrected chi connectivity index (χ2v) is 4.10. The van der Waals surface area contributed by atoms with E-state index < -0.39 is 8.25 Å². The monoisotopic (exact) mass is 231 g/mol. The number of hydrogen-bond donors (Lipinski definition) is 1. The highest BCUT2D eigenvalue weighted by molar-refractivity contribution is 7.32. The minimum absolute atomic E-state index is 0.167. The summed E-state index contributed by atoms with van der Waals surface area (Å²) in [6, 6.07) is 0. The van der Waals surface area contributed by atoms with Gasteiger partial charge in [-0.2, -0.15) is 0 Å². The molecule has 15 heavy (non-hydrogen) atoms. The molecule has 3 nitrogen and oxygen atoms in total. The van der Waals surface area contributed by atoms with Crippen molar-refractivity contribution in [3.05, 3.63) is 25.3 Å². The van der Waals surface area contributed by atoms with Crippen LogP contribution in [0.2, 0.25) is 0 Å². The SMILES string of the molecule is C=CCCCCCC(CC=C)O[P+](=O)O. The first-order valence-corrected chi connectivity index (χ1v) is 6.38. The second-order valence-electron chi connectivity index (χ2n) is 3.42. The summed E-state index contributed by atoms with van der Waals surface area (Å²) in [7, 11) is -2.49. The number of unbranched alkanes of at least 4 members (excludes halogenated alkanes) is 3. The molecule has 0 amide bonds. The highest BCUT2D eigenvalue weighted by Gasteiger charge is 2.21. The first-order chi connectivity index (χ1) is 7.20. The molecule has 2 atom stereocenters. The van der Waals surface area contributed by atoms with Gasteiger partial charge in [0.05, 0.1) is 0 Å². The third-order valence-electron chi connectivity index (χ3n) is 2.10. The standard InChI is InChI=1S/C11H19O3P/c1-3-5-6-7-8-10-11(9-4-2)14-15(12)13/h3-4,11H,1-2,5-10H2/p+1. The summed E-state index contributed by atoms with van der Waals surface area (Å²) in [6.07, 6.45) is 9.15. The minimum atomic E-state index is -2.49. The molecule has 0 bridgehead atoms. The van der Waals surface area contributed by atoms with Gasteiger partial charge in [-0.1, -0.05) is 25.0 Å². The Bertz CT molecular complexity index is 204. The van der Waals surface area contributed by atoms with Crippen molar-refractivity contribution in [3.63, 3.8) is 0 Å². The molecular weight excluding hydrogens is 211 g/mol. The van der Waals surface area contributed by atoms with Gasteiger partial charge in [0.15, 0.2) is 0 Å². The molecule has 0 spiro atoms. The van der Waals surface area contributed by atoms with Crippen LogP contribution >= 0.6 is 8.25 Å². The van der Waals surface area contributed by atoms with Crippen molar-refractivity contribution in [1.82, 2.24) is 0 Å². The van der Waals surface area contributed by atoms with Crippen LogP contribution in [0.25, 0.3) is 0 Å². The van der Waals surface area contributed by atoms with Gasteiger partial charge >= 0.3 is 8.25 Å². The molecule has 2 unspecified atom stereocenters. The predicted octanol–water partition coefficient (Wildman–Crippen LogP) is 3.73. The Kier molecular flexibility index (Phi) is 9.70. The Labute approximate surface area is 92.8 Å². The van der Waals surface area contributed by atoms with E-state index >= 15 is 0 Å². The zero-order chi connectivity index (χ0) is 11.5. The third-order valence-corrected chi connectivity index (χ3v) is 2.58. The second kappa shape index (κ2) is 10.0. The van der Waals surface area contributed by atoms with Crippen LogP contribution in [0.15, 0.2) is 25.3 Å². The van der Waals surface area contributed by atoms with E-state index in [2.05, 4.69) is 13.2 Å². The average Bonchev–Trinajstić information content (AvgIpc) is 2.17. The van der Waals surface area contributed by atoms with Gasteiger partial charge in [-0.05, 0) is 25.7 Å². The zero-order valence-electron chi connectivity index (χ0n) is 9.10. The van der Waals surface area contributed by atoms with E-state index in [1.165, 1.54) is 0 Å². The molecule has 0 fully saturated rings. The predicted molar refractivity (Wildman–Crippen MR) is 62.8 cm³/mol. The van der Waals surface area contributed by atoms with Gasteiger partial charge in [-0.25, -0.2) is 0 Å². The maximum absolute atomic E-state index is 10.5. The fourth-order valence-corrected chi connectivity index (χ4v) is 1.81. The lowest BCUT2D eigenvalue weighted by Crippen LogP contribution is -2.07. The molecule has 0 aromatic heterocycles. The van der Waals surface area contributed by atoms with Crippen LogP contribution in [-0.2, 0) is 9.09 Å². The fourth-order valence-electron chi connectivity index (χ4n) is 1.36. The maximum atomic E-state index is 10.5. The van der Waals surface area contributed by atoms with Crippen molar-refractivity contribution < 1.29 is 14.0 Å². The van der Waals surface area contributed by atoms with Gasteiger partial charge in [0.25, 0.3) is 0 Å². The van der Waals surface area contributed by atoms with Gasteiger partial charge < -0.3 is 0 Å². The zero-order valence-corrected chi connectivity index (χ0v) is 9.99. The van der Waals surface area contributed by atoms with Crippen LogP contribution in [0.4, 0.5) is 0 Å². The lowest BCUT2D eigenvalue weighted by atomic mass is 10.1. The molecule has 0 radical (unpaired) electrons. The van der Waals surface area contributed by atoms with Gasteiger partial charge in [-0.3, -0.25) is 0 Å². The minimum Gasteiger partial charge on any atom is -0.133 e. The quantitative estimate of drug-likeness (QED) is 0.354. The van der Waals surface area contributed by atoms with Crippen molar-refractivity contribution in [3.8, 4) is 0 Å². The third kappa shape index (κ3) is 9.80. The van der Waals surface area contributed by atoms with E-state index in [1.54, 1.807) is 6.08 Å². The summed E-state index contributed by atoms with van der Waals surface area (Å²) in [5.74, 6) is 0. The topological polar surface area (TPSA) is 46.5 Å². The lowest BCUT2D eigenvalue weighted by molar-refractivity contribution is 0.178. The van der Waals surface area contributed by atoms with Gasteiger partial charge in [0.2, 0.25) is 0 Å². The fraction of sp³-hybridized carbons (Fsp3) is 0.636. The summed E-state index contributed by atoms with van der Waals surface area (Å²) in [5, 5.41) is 0. The first kappa shape index (κ1) is 14.5. The molecule has 0 saturated carbocycles. The Morgan fingerprint density at radius 3 is 2.53 bits per heavy atom. The summed E-state index contributed by atoms with van der Waals surface area (Å²) in [4.78, 5) is 8.63. The Hall–Kier alpha value is -0.500. The molecule has 0 rings (SSSR count). The normalized spacial score (nSPS) is 13.3. The van der Waals surface area contributed by atoms with Crippen molar-refractivity contribution in [1.29, 1.82) is 0 Å². The molecule has 0 saturated heterocycles. The summed E-state index contributed by atoms with van der Waals surface area (Å²) in [6.45, 7) is 7.25. The van der Waals surface area contributed by atoms with Crippen molar-refractivity contribution in [2.75, 3.05) is 0 Å². The van der Waals surface area contributed by atoms with Gasteiger partial charge in [0.1, 0.15) is 6.10 Å². The van der Waals surface area contributed by atoms with Crippen LogP contribution in [0.1, 0.15) is 38.5 Å². The van der Waals surface area contributed by atoms with E-state index in [1.807, 2.05) is 6.08 Å². The van der Waals surface area contributed by atoms with Crippen LogP contribution in [0.5, 0.6) is 0 Å². The Morgan fingerprint density at radius 1 is 1.27 bits per heavy atom. The maximum Gasteiger partial charge on any atom is 0.695 e. The first-order valence-electron chi connectivity index (χ1n) is 5.25. The van der Waals surface area contributed by atoms with E-state index in [4.69, 9.17) is 9.42 Å². The molecule has 4 heteroatoms. The van der Waals surface area contributed by atoms with Crippen LogP contribution in [0, 0.1) is 0 Å².